The van der Waals surface area contributed by atoms with Crippen LogP contribution in [0.25, 0.3) is 0 Å². The molecule has 1 aromatic carbocycles. The van der Waals surface area contributed by atoms with Gasteiger partial charge in [0.2, 0.25) is 0 Å². The fourth-order valence-corrected chi connectivity index (χ4v) is 1.94. The number of anilines is 1. The van der Waals surface area contributed by atoms with E-state index in [2.05, 4.69) is 10.3 Å². The van der Waals surface area contributed by atoms with Gasteiger partial charge in [-0.1, -0.05) is 24.4 Å². The van der Waals surface area contributed by atoms with Gasteiger partial charge >= 0.3 is 0 Å². The Morgan fingerprint density at radius 3 is 2.70 bits per heavy atom. The van der Waals surface area contributed by atoms with Gasteiger partial charge in [-0.05, 0) is 37.1 Å². The zero-order valence-corrected chi connectivity index (χ0v) is 11.5. The summed E-state index contributed by atoms with van der Waals surface area (Å²) in [6, 6.07) is 9.99. The lowest BCUT2D eigenvalue weighted by Crippen LogP contribution is -2.13. The quantitative estimate of drug-likeness (QED) is 0.872. The van der Waals surface area contributed by atoms with Crippen LogP contribution < -0.4 is 10.1 Å². The van der Waals surface area contributed by atoms with Crippen molar-refractivity contribution < 1.29 is 9.13 Å². The summed E-state index contributed by atoms with van der Waals surface area (Å²) >= 11 is 5.22. The van der Waals surface area contributed by atoms with E-state index in [9.17, 15) is 4.39 Å². The van der Waals surface area contributed by atoms with Gasteiger partial charge in [0.15, 0.2) is 0 Å². The van der Waals surface area contributed by atoms with Gasteiger partial charge in [0.05, 0.1) is 23.7 Å². The molecule has 1 aliphatic carbocycles. The molecule has 0 spiro atoms. The fraction of sp³-hybridized carbons (Fsp3) is 0.200. The summed E-state index contributed by atoms with van der Waals surface area (Å²) in [5.74, 6) is 0.397. The Morgan fingerprint density at radius 2 is 2.05 bits per heavy atom. The van der Waals surface area contributed by atoms with Gasteiger partial charge in [-0.15, -0.1) is 0 Å². The molecule has 0 aliphatic heterocycles. The van der Waals surface area contributed by atoms with Crippen LogP contribution in [0.15, 0.2) is 42.6 Å². The van der Waals surface area contributed by atoms with Gasteiger partial charge in [0.1, 0.15) is 16.6 Å². The minimum Gasteiger partial charge on any atom is -0.489 e. The van der Waals surface area contributed by atoms with Crippen LogP contribution in [0.1, 0.15) is 18.5 Å². The number of thiocarbonyl (C=S) groups is 1. The summed E-state index contributed by atoms with van der Waals surface area (Å²) < 4.78 is 19.1. The zero-order chi connectivity index (χ0) is 13.9. The van der Waals surface area contributed by atoms with E-state index in [1.54, 1.807) is 30.5 Å². The molecule has 0 atom stereocenters. The molecule has 1 aromatic heterocycles. The first-order valence-electron chi connectivity index (χ1n) is 6.41. The normalized spacial score (nSPS) is 13.8. The maximum atomic E-state index is 13.5. The number of para-hydroxylation sites is 1. The van der Waals surface area contributed by atoms with E-state index in [-0.39, 0.29) is 5.82 Å². The van der Waals surface area contributed by atoms with Crippen LogP contribution in [0.2, 0.25) is 0 Å². The Balaban J connectivity index is 1.68. The Hall–Kier alpha value is -2.01. The number of hydrogen-bond donors (Lipinski definition) is 1. The van der Waals surface area contributed by atoms with E-state index in [1.165, 1.54) is 6.07 Å². The van der Waals surface area contributed by atoms with Gasteiger partial charge in [0.25, 0.3) is 0 Å². The molecule has 1 fully saturated rings. The Labute approximate surface area is 121 Å². The molecule has 3 rings (SSSR count). The summed E-state index contributed by atoms with van der Waals surface area (Å²) in [5.41, 5.74) is 0.934. The Morgan fingerprint density at radius 1 is 1.25 bits per heavy atom. The molecule has 102 valence electrons. The molecular formula is C15H13FN2OS. The summed E-state index contributed by atoms with van der Waals surface area (Å²) in [5, 5.41) is 2.85. The molecule has 1 saturated carbocycles. The number of rotatable bonds is 4. The number of benzene rings is 1. The number of ether oxygens (including phenoxy) is 1. The third-order valence-corrected chi connectivity index (χ3v) is 3.23. The number of nitrogens with zero attached hydrogens (tertiary/aromatic N) is 1. The lowest BCUT2D eigenvalue weighted by atomic mass is 10.3. The number of nitrogens with one attached hydrogen (secondary N) is 1. The topological polar surface area (TPSA) is 34.1 Å². The highest BCUT2D eigenvalue weighted by Gasteiger charge is 2.23. The van der Waals surface area contributed by atoms with Crippen molar-refractivity contribution in [2.75, 3.05) is 5.32 Å². The standard InChI is InChI=1S/C15H13FN2OS/c16-12-3-1-2-4-13(12)18-15(20)14-8-7-11(9-17-14)19-10-5-6-10/h1-4,7-10H,5-6H2,(H,18,20). The largest absolute Gasteiger partial charge is 0.489 e. The van der Waals surface area contributed by atoms with Gasteiger partial charge in [-0.2, -0.15) is 0 Å². The summed E-state index contributed by atoms with van der Waals surface area (Å²) in [6.45, 7) is 0. The van der Waals surface area contributed by atoms with Gasteiger partial charge < -0.3 is 10.1 Å². The molecule has 0 radical (unpaired) electrons. The average Bonchev–Trinajstić information content (AvgIpc) is 3.26. The van der Waals surface area contributed by atoms with Crippen LogP contribution in [0.5, 0.6) is 5.75 Å². The van der Waals surface area contributed by atoms with Crippen LogP contribution >= 0.6 is 12.2 Å². The van der Waals surface area contributed by atoms with E-state index < -0.39 is 0 Å². The van der Waals surface area contributed by atoms with Crippen LogP contribution in [-0.2, 0) is 0 Å². The minimum atomic E-state index is -0.344. The van der Waals surface area contributed by atoms with E-state index in [4.69, 9.17) is 17.0 Å². The monoisotopic (exact) mass is 288 g/mol. The smallest absolute Gasteiger partial charge is 0.146 e. The van der Waals surface area contributed by atoms with Crippen molar-refractivity contribution in [3.05, 3.63) is 54.1 Å². The molecule has 0 saturated heterocycles. The molecule has 2 aromatic rings. The van der Waals surface area contributed by atoms with Crippen LogP contribution in [0, 0.1) is 5.82 Å². The van der Waals surface area contributed by atoms with Crippen LogP contribution in [0.3, 0.4) is 0 Å². The Kier molecular flexibility index (Phi) is 3.60. The van der Waals surface area contributed by atoms with E-state index in [1.807, 2.05) is 6.07 Å². The van der Waals surface area contributed by atoms with E-state index >= 15 is 0 Å². The fourth-order valence-electron chi connectivity index (χ4n) is 1.71. The van der Waals surface area contributed by atoms with Gasteiger partial charge in [0, 0.05) is 0 Å². The molecular weight excluding hydrogens is 275 g/mol. The van der Waals surface area contributed by atoms with Crippen molar-refractivity contribution in [3.63, 3.8) is 0 Å². The first kappa shape index (κ1) is 13.0. The molecule has 1 aliphatic rings. The third-order valence-electron chi connectivity index (χ3n) is 2.92. The van der Waals surface area contributed by atoms with E-state index in [0.29, 0.717) is 22.5 Å². The first-order valence-corrected chi connectivity index (χ1v) is 6.82. The van der Waals surface area contributed by atoms with Crippen molar-refractivity contribution in [1.82, 2.24) is 4.98 Å². The zero-order valence-electron chi connectivity index (χ0n) is 10.7. The lowest BCUT2D eigenvalue weighted by molar-refractivity contribution is 0.302. The Bertz CT molecular complexity index is 626. The maximum Gasteiger partial charge on any atom is 0.146 e. The molecule has 3 nitrogen and oxygen atoms in total. The SMILES string of the molecule is Fc1ccccc1NC(=S)c1ccc(OC2CC2)cn1. The predicted octanol–water partition coefficient (Wildman–Crippen LogP) is 3.55. The van der Waals surface area contributed by atoms with Gasteiger partial charge in [-0.25, -0.2) is 9.37 Å². The van der Waals surface area contributed by atoms with Crippen molar-refractivity contribution in [1.29, 1.82) is 0 Å². The van der Waals surface area contributed by atoms with Crippen LogP contribution in [0.4, 0.5) is 10.1 Å². The summed E-state index contributed by atoms with van der Waals surface area (Å²) in [7, 11) is 0. The van der Waals surface area contributed by atoms with Crippen LogP contribution in [-0.4, -0.2) is 16.1 Å². The molecule has 1 N–H and O–H groups in total. The highest BCUT2D eigenvalue weighted by molar-refractivity contribution is 7.81. The second-order valence-electron chi connectivity index (χ2n) is 4.63. The van der Waals surface area contributed by atoms with Crippen molar-refractivity contribution in [2.24, 2.45) is 0 Å². The number of aromatic nitrogens is 1. The van der Waals surface area contributed by atoms with Crippen molar-refractivity contribution in [3.8, 4) is 5.75 Å². The van der Waals surface area contributed by atoms with E-state index in [0.717, 1.165) is 18.6 Å². The van der Waals surface area contributed by atoms with Crippen molar-refractivity contribution >= 4 is 22.9 Å². The lowest BCUT2D eigenvalue weighted by Gasteiger charge is -2.09. The second-order valence-corrected chi connectivity index (χ2v) is 5.04. The average molecular weight is 288 g/mol. The molecule has 0 bridgehead atoms. The maximum absolute atomic E-state index is 13.5. The highest BCUT2D eigenvalue weighted by Crippen LogP contribution is 2.26. The molecule has 0 amide bonds. The third kappa shape index (κ3) is 3.11. The summed E-state index contributed by atoms with van der Waals surface area (Å²) in [4.78, 5) is 4.62. The number of hydrogen-bond acceptors (Lipinski definition) is 3. The molecule has 5 heteroatoms. The number of halogens is 1. The summed E-state index contributed by atoms with van der Waals surface area (Å²) in [6.07, 6.45) is 4.19. The van der Waals surface area contributed by atoms with Gasteiger partial charge in [-0.3, -0.25) is 0 Å². The minimum absolute atomic E-state index is 0.339. The first-order chi connectivity index (χ1) is 9.72. The molecule has 1 heterocycles. The predicted molar refractivity (Wildman–Crippen MR) is 79.6 cm³/mol. The van der Waals surface area contributed by atoms with Crippen molar-refractivity contribution in [2.45, 2.75) is 18.9 Å². The molecule has 0 unspecified atom stereocenters. The second kappa shape index (κ2) is 5.54. The molecule has 20 heavy (non-hydrogen) atoms. The number of pyridine rings is 1. The highest BCUT2D eigenvalue weighted by atomic mass is 32.1.